The maximum absolute atomic E-state index is 5.45. The zero-order valence-corrected chi connectivity index (χ0v) is 11.3. The Bertz CT molecular complexity index is 318. The number of rotatable bonds is 4. The first kappa shape index (κ1) is 12.7. The normalized spacial score (nSPS) is 27.3. The SMILES string of the molecule is CC(NC1CCCC(C(C)C)C1)c1ccco1. The first-order valence-corrected chi connectivity index (χ1v) is 6.96. The van der Waals surface area contributed by atoms with Crippen molar-refractivity contribution < 1.29 is 4.42 Å². The van der Waals surface area contributed by atoms with Gasteiger partial charge < -0.3 is 9.73 Å². The second-order valence-corrected chi connectivity index (χ2v) is 5.77. The van der Waals surface area contributed by atoms with Crippen molar-refractivity contribution in [3.8, 4) is 0 Å². The van der Waals surface area contributed by atoms with Crippen LogP contribution in [-0.4, -0.2) is 6.04 Å². The third kappa shape index (κ3) is 3.35. The van der Waals surface area contributed by atoms with E-state index in [1.54, 1.807) is 6.26 Å². The van der Waals surface area contributed by atoms with Crippen LogP contribution in [0.25, 0.3) is 0 Å². The number of furan rings is 1. The summed E-state index contributed by atoms with van der Waals surface area (Å²) in [7, 11) is 0. The van der Waals surface area contributed by atoms with E-state index >= 15 is 0 Å². The van der Waals surface area contributed by atoms with Crippen LogP contribution in [0.3, 0.4) is 0 Å². The van der Waals surface area contributed by atoms with Crippen LogP contribution in [0.4, 0.5) is 0 Å². The summed E-state index contributed by atoms with van der Waals surface area (Å²) in [6.45, 7) is 6.89. The van der Waals surface area contributed by atoms with Gasteiger partial charge in [-0.25, -0.2) is 0 Å². The fraction of sp³-hybridized carbons (Fsp3) is 0.733. The fourth-order valence-corrected chi connectivity index (χ4v) is 2.96. The molecular formula is C15H25NO. The molecule has 1 aliphatic carbocycles. The van der Waals surface area contributed by atoms with E-state index in [9.17, 15) is 0 Å². The van der Waals surface area contributed by atoms with Crippen molar-refractivity contribution in [2.45, 2.75) is 58.5 Å². The molecule has 1 heterocycles. The molecule has 0 bridgehead atoms. The minimum atomic E-state index is 0.334. The van der Waals surface area contributed by atoms with Crippen LogP contribution in [0.2, 0.25) is 0 Å². The molecule has 0 saturated heterocycles. The summed E-state index contributed by atoms with van der Waals surface area (Å²) in [6.07, 6.45) is 7.17. The van der Waals surface area contributed by atoms with Crippen LogP contribution in [0.15, 0.2) is 22.8 Å². The lowest BCUT2D eigenvalue weighted by Crippen LogP contribution is -2.36. The Hall–Kier alpha value is -0.760. The van der Waals surface area contributed by atoms with Crippen LogP contribution < -0.4 is 5.32 Å². The molecule has 1 saturated carbocycles. The summed E-state index contributed by atoms with van der Waals surface area (Å²) in [5, 5.41) is 3.71. The smallest absolute Gasteiger partial charge is 0.120 e. The highest BCUT2D eigenvalue weighted by Crippen LogP contribution is 2.31. The Balaban J connectivity index is 1.86. The molecule has 1 aliphatic rings. The van der Waals surface area contributed by atoms with E-state index in [0.29, 0.717) is 12.1 Å². The van der Waals surface area contributed by atoms with Crippen molar-refractivity contribution >= 4 is 0 Å². The molecule has 0 aromatic carbocycles. The minimum absolute atomic E-state index is 0.334. The molecule has 0 amide bonds. The summed E-state index contributed by atoms with van der Waals surface area (Å²) >= 11 is 0. The van der Waals surface area contributed by atoms with E-state index in [1.807, 2.05) is 6.07 Å². The molecular weight excluding hydrogens is 210 g/mol. The fourth-order valence-electron chi connectivity index (χ4n) is 2.96. The third-order valence-electron chi connectivity index (χ3n) is 4.11. The van der Waals surface area contributed by atoms with Gasteiger partial charge in [-0.2, -0.15) is 0 Å². The highest BCUT2D eigenvalue weighted by Gasteiger charge is 2.25. The van der Waals surface area contributed by atoms with Crippen LogP contribution in [0, 0.1) is 11.8 Å². The molecule has 0 aliphatic heterocycles. The van der Waals surface area contributed by atoms with Gasteiger partial charge in [-0.3, -0.25) is 0 Å². The van der Waals surface area contributed by atoms with Gasteiger partial charge in [0.05, 0.1) is 12.3 Å². The predicted molar refractivity (Wildman–Crippen MR) is 70.8 cm³/mol. The van der Waals surface area contributed by atoms with Crippen molar-refractivity contribution in [1.82, 2.24) is 5.32 Å². The third-order valence-corrected chi connectivity index (χ3v) is 4.11. The van der Waals surface area contributed by atoms with Crippen molar-refractivity contribution in [3.63, 3.8) is 0 Å². The lowest BCUT2D eigenvalue weighted by molar-refractivity contribution is 0.218. The summed E-state index contributed by atoms with van der Waals surface area (Å²) in [5.74, 6) is 2.76. The highest BCUT2D eigenvalue weighted by atomic mass is 16.3. The number of hydrogen-bond acceptors (Lipinski definition) is 2. The first-order chi connectivity index (χ1) is 8.16. The molecule has 2 nitrogen and oxygen atoms in total. The van der Waals surface area contributed by atoms with Crippen molar-refractivity contribution in [1.29, 1.82) is 0 Å². The van der Waals surface area contributed by atoms with Crippen molar-refractivity contribution in [3.05, 3.63) is 24.2 Å². The first-order valence-electron chi connectivity index (χ1n) is 6.96. The topological polar surface area (TPSA) is 25.2 Å². The Labute approximate surface area is 105 Å². The summed E-state index contributed by atoms with van der Waals surface area (Å²) in [6, 6.07) is 5.02. The van der Waals surface area contributed by atoms with Crippen LogP contribution in [-0.2, 0) is 0 Å². The highest BCUT2D eigenvalue weighted by molar-refractivity contribution is 5.03. The van der Waals surface area contributed by atoms with E-state index in [-0.39, 0.29) is 0 Å². The van der Waals surface area contributed by atoms with Crippen LogP contribution in [0.1, 0.15) is 58.3 Å². The number of nitrogens with one attached hydrogen (secondary N) is 1. The Kier molecular flexibility index (Phi) is 4.27. The lowest BCUT2D eigenvalue weighted by atomic mass is 9.79. The van der Waals surface area contributed by atoms with E-state index in [4.69, 9.17) is 4.42 Å². The molecule has 2 heteroatoms. The number of hydrogen-bond donors (Lipinski definition) is 1. The average molecular weight is 235 g/mol. The molecule has 1 N–H and O–H groups in total. The standard InChI is InChI=1S/C15H25NO/c1-11(2)13-6-4-7-14(10-13)16-12(3)15-8-5-9-17-15/h5,8-9,11-14,16H,4,6-7,10H2,1-3H3. The Morgan fingerprint density at radius 1 is 1.29 bits per heavy atom. The van der Waals surface area contributed by atoms with Gasteiger partial charge in [0.2, 0.25) is 0 Å². The van der Waals surface area contributed by atoms with E-state index in [1.165, 1.54) is 25.7 Å². The van der Waals surface area contributed by atoms with Gasteiger partial charge in [0, 0.05) is 6.04 Å². The maximum Gasteiger partial charge on any atom is 0.120 e. The second-order valence-electron chi connectivity index (χ2n) is 5.77. The van der Waals surface area contributed by atoms with Crippen molar-refractivity contribution in [2.24, 2.45) is 11.8 Å². The van der Waals surface area contributed by atoms with Crippen LogP contribution in [0.5, 0.6) is 0 Å². The molecule has 1 aromatic heterocycles. The van der Waals surface area contributed by atoms with E-state index in [0.717, 1.165) is 17.6 Å². The zero-order valence-electron chi connectivity index (χ0n) is 11.3. The van der Waals surface area contributed by atoms with Gasteiger partial charge in [-0.05, 0) is 43.7 Å². The van der Waals surface area contributed by atoms with Crippen molar-refractivity contribution in [2.75, 3.05) is 0 Å². The predicted octanol–water partition coefficient (Wildman–Crippen LogP) is 4.15. The molecule has 3 atom stereocenters. The van der Waals surface area contributed by atoms with E-state index < -0.39 is 0 Å². The summed E-state index contributed by atoms with van der Waals surface area (Å²) in [5.41, 5.74) is 0. The molecule has 0 radical (unpaired) electrons. The average Bonchev–Trinajstić information content (AvgIpc) is 2.82. The summed E-state index contributed by atoms with van der Waals surface area (Å²) < 4.78 is 5.45. The van der Waals surface area contributed by atoms with Gasteiger partial charge >= 0.3 is 0 Å². The van der Waals surface area contributed by atoms with Gasteiger partial charge in [-0.1, -0.05) is 26.7 Å². The molecule has 17 heavy (non-hydrogen) atoms. The largest absolute Gasteiger partial charge is 0.468 e. The minimum Gasteiger partial charge on any atom is -0.468 e. The van der Waals surface area contributed by atoms with Gasteiger partial charge in [0.15, 0.2) is 0 Å². The quantitative estimate of drug-likeness (QED) is 0.848. The maximum atomic E-state index is 5.45. The Morgan fingerprint density at radius 2 is 2.12 bits per heavy atom. The second kappa shape index (κ2) is 5.72. The molecule has 1 fully saturated rings. The molecule has 2 rings (SSSR count). The van der Waals surface area contributed by atoms with Crippen LogP contribution >= 0.6 is 0 Å². The van der Waals surface area contributed by atoms with Gasteiger partial charge in [0.1, 0.15) is 5.76 Å². The van der Waals surface area contributed by atoms with E-state index in [2.05, 4.69) is 32.2 Å². The van der Waals surface area contributed by atoms with Gasteiger partial charge in [-0.15, -0.1) is 0 Å². The molecule has 3 unspecified atom stereocenters. The molecule has 1 aromatic rings. The Morgan fingerprint density at radius 3 is 2.76 bits per heavy atom. The lowest BCUT2D eigenvalue weighted by Gasteiger charge is -2.33. The molecule has 96 valence electrons. The summed E-state index contributed by atoms with van der Waals surface area (Å²) in [4.78, 5) is 0. The molecule has 0 spiro atoms. The van der Waals surface area contributed by atoms with Gasteiger partial charge in [0.25, 0.3) is 0 Å². The monoisotopic (exact) mass is 235 g/mol. The zero-order chi connectivity index (χ0) is 12.3.